The van der Waals surface area contributed by atoms with E-state index in [1.807, 2.05) is 12.1 Å². The number of rotatable bonds is 11. The first-order valence-corrected chi connectivity index (χ1v) is 11.6. The maximum Gasteiger partial charge on any atom is 0.242 e. The molecule has 7 heteroatoms. The van der Waals surface area contributed by atoms with E-state index in [1.54, 1.807) is 42.2 Å². The Bertz CT molecular complexity index is 849. The SMILES string of the molecule is CCCCNC(=O)C(C)N(Cc1cccc(Cl)c1)C(=O)CSCc1ccccc1F. The largest absolute Gasteiger partial charge is 0.354 e. The quantitative estimate of drug-likeness (QED) is 0.487. The van der Waals surface area contributed by atoms with Crippen LogP contribution in [-0.4, -0.2) is 35.1 Å². The minimum atomic E-state index is -0.623. The molecule has 1 unspecified atom stereocenters. The predicted octanol–water partition coefficient (Wildman–Crippen LogP) is 5.05. The first-order valence-electron chi connectivity index (χ1n) is 10.0. The molecule has 1 N–H and O–H groups in total. The number of nitrogens with one attached hydrogen (secondary N) is 1. The van der Waals surface area contributed by atoms with Crippen molar-refractivity contribution in [1.82, 2.24) is 10.2 Å². The summed E-state index contributed by atoms with van der Waals surface area (Å²) in [5.74, 6) is -0.0913. The van der Waals surface area contributed by atoms with Crippen molar-refractivity contribution in [3.63, 3.8) is 0 Å². The highest BCUT2D eigenvalue weighted by Gasteiger charge is 2.26. The van der Waals surface area contributed by atoms with E-state index >= 15 is 0 Å². The average molecular weight is 451 g/mol. The van der Waals surface area contributed by atoms with Crippen molar-refractivity contribution >= 4 is 35.2 Å². The molecule has 2 amide bonds. The molecule has 0 saturated carbocycles. The molecule has 2 aromatic carbocycles. The average Bonchev–Trinajstić information content (AvgIpc) is 2.73. The van der Waals surface area contributed by atoms with Crippen molar-refractivity contribution < 1.29 is 14.0 Å². The lowest BCUT2D eigenvalue weighted by molar-refractivity contribution is -0.138. The van der Waals surface area contributed by atoms with E-state index in [4.69, 9.17) is 11.6 Å². The van der Waals surface area contributed by atoms with E-state index < -0.39 is 6.04 Å². The molecule has 30 heavy (non-hydrogen) atoms. The molecule has 1 atom stereocenters. The Kier molecular flexibility index (Phi) is 10.2. The van der Waals surface area contributed by atoms with Gasteiger partial charge in [0.1, 0.15) is 11.9 Å². The van der Waals surface area contributed by atoms with E-state index in [9.17, 15) is 14.0 Å². The summed E-state index contributed by atoms with van der Waals surface area (Å²) >= 11 is 7.41. The third-order valence-corrected chi connectivity index (χ3v) is 5.88. The molecule has 0 bridgehead atoms. The van der Waals surface area contributed by atoms with Gasteiger partial charge in [-0.05, 0) is 42.7 Å². The van der Waals surface area contributed by atoms with Crippen LogP contribution in [-0.2, 0) is 21.9 Å². The number of thioether (sulfide) groups is 1. The maximum atomic E-state index is 13.8. The van der Waals surface area contributed by atoms with Crippen molar-refractivity contribution in [3.8, 4) is 0 Å². The Balaban J connectivity index is 2.05. The maximum absolute atomic E-state index is 13.8. The summed E-state index contributed by atoms with van der Waals surface area (Å²) in [5, 5.41) is 3.47. The second-order valence-corrected chi connectivity index (χ2v) is 8.48. The molecular formula is C23H28ClFN2O2S. The standard InChI is InChI=1S/C23H28ClFN2O2S/c1-3-4-12-26-23(29)17(2)27(14-18-8-7-10-20(24)13-18)22(28)16-30-15-19-9-5-6-11-21(19)25/h5-11,13,17H,3-4,12,14-16H2,1-2H3,(H,26,29). The number of carbonyl (C=O) groups is 2. The van der Waals surface area contributed by atoms with Gasteiger partial charge in [-0.25, -0.2) is 4.39 Å². The van der Waals surface area contributed by atoms with Gasteiger partial charge in [0.25, 0.3) is 0 Å². The van der Waals surface area contributed by atoms with Gasteiger partial charge in [0, 0.05) is 23.9 Å². The Morgan fingerprint density at radius 1 is 1.20 bits per heavy atom. The summed E-state index contributed by atoms with van der Waals surface area (Å²) in [6.45, 7) is 4.64. The third kappa shape index (κ3) is 7.65. The highest BCUT2D eigenvalue weighted by atomic mass is 35.5. The molecule has 0 heterocycles. The molecule has 162 valence electrons. The normalized spacial score (nSPS) is 11.7. The van der Waals surface area contributed by atoms with Crippen LogP contribution >= 0.6 is 23.4 Å². The fourth-order valence-electron chi connectivity index (χ4n) is 2.90. The zero-order chi connectivity index (χ0) is 21.9. The molecule has 0 aliphatic heterocycles. The minimum absolute atomic E-state index is 0.154. The minimum Gasteiger partial charge on any atom is -0.354 e. The van der Waals surface area contributed by atoms with Crippen LogP contribution in [0.5, 0.6) is 0 Å². The van der Waals surface area contributed by atoms with E-state index in [0.717, 1.165) is 18.4 Å². The lowest BCUT2D eigenvalue weighted by atomic mass is 10.1. The number of benzene rings is 2. The van der Waals surface area contributed by atoms with Crippen LogP contribution in [0.3, 0.4) is 0 Å². The number of nitrogens with zero attached hydrogens (tertiary/aromatic N) is 1. The van der Waals surface area contributed by atoms with Gasteiger partial charge in [-0.1, -0.05) is 55.3 Å². The molecule has 0 spiro atoms. The number of halogens is 2. The molecular weight excluding hydrogens is 423 g/mol. The van der Waals surface area contributed by atoms with Crippen molar-refractivity contribution in [3.05, 3.63) is 70.5 Å². The lowest BCUT2D eigenvalue weighted by Crippen LogP contribution is -2.48. The highest BCUT2D eigenvalue weighted by Crippen LogP contribution is 2.19. The van der Waals surface area contributed by atoms with E-state index in [1.165, 1.54) is 17.8 Å². The van der Waals surface area contributed by atoms with Crippen LogP contribution in [0, 0.1) is 5.82 Å². The fraction of sp³-hybridized carbons (Fsp3) is 0.391. The monoisotopic (exact) mass is 450 g/mol. The second-order valence-electron chi connectivity index (χ2n) is 7.06. The van der Waals surface area contributed by atoms with Gasteiger partial charge in [-0.15, -0.1) is 11.8 Å². The first-order chi connectivity index (χ1) is 14.4. The van der Waals surface area contributed by atoms with Gasteiger partial charge < -0.3 is 10.2 Å². The summed E-state index contributed by atoms with van der Waals surface area (Å²) < 4.78 is 13.8. The molecule has 0 fully saturated rings. The number of hydrogen-bond donors (Lipinski definition) is 1. The molecule has 4 nitrogen and oxygen atoms in total. The van der Waals surface area contributed by atoms with Crippen LogP contribution < -0.4 is 5.32 Å². The Morgan fingerprint density at radius 2 is 1.97 bits per heavy atom. The summed E-state index contributed by atoms with van der Waals surface area (Å²) in [6, 6.07) is 13.2. The first kappa shape index (κ1) is 24.2. The predicted molar refractivity (Wildman–Crippen MR) is 122 cm³/mol. The summed E-state index contributed by atoms with van der Waals surface area (Å²) in [6.07, 6.45) is 1.87. The number of amides is 2. The summed E-state index contributed by atoms with van der Waals surface area (Å²) in [5.41, 5.74) is 1.41. The topological polar surface area (TPSA) is 49.4 Å². The van der Waals surface area contributed by atoms with Crippen molar-refractivity contribution in [2.75, 3.05) is 12.3 Å². The molecule has 0 saturated heterocycles. The number of carbonyl (C=O) groups excluding carboxylic acids is 2. The van der Waals surface area contributed by atoms with Gasteiger partial charge in [0.2, 0.25) is 11.8 Å². The van der Waals surface area contributed by atoms with Gasteiger partial charge in [0.05, 0.1) is 5.75 Å². The van der Waals surface area contributed by atoms with Crippen LogP contribution in [0.15, 0.2) is 48.5 Å². The van der Waals surface area contributed by atoms with Gasteiger partial charge in [-0.3, -0.25) is 9.59 Å². The molecule has 2 aromatic rings. The van der Waals surface area contributed by atoms with Gasteiger partial charge >= 0.3 is 0 Å². The summed E-state index contributed by atoms with van der Waals surface area (Å²) in [7, 11) is 0. The smallest absolute Gasteiger partial charge is 0.242 e. The molecule has 0 aliphatic carbocycles. The van der Waals surface area contributed by atoms with E-state index in [-0.39, 0.29) is 29.9 Å². The zero-order valence-electron chi connectivity index (χ0n) is 17.4. The number of hydrogen-bond acceptors (Lipinski definition) is 3. The number of unbranched alkanes of at least 4 members (excludes halogenated alkanes) is 1. The van der Waals surface area contributed by atoms with Crippen LogP contribution in [0.25, 0.3) is 0 Å². The van der Waals surface area contributed by atoms with Crippen molar-refractivity contribution in [1.29, 1.82) is 0 Å². The van der Waals surface area contributed by atoms with Crippen LogP contribution in [0.4, 0.5) is 4.39 Å². The Hall–Kier alpha value is -2.05. The zero-order valence-corrected chi connectivity index (χ0v) is 18.9. The second kappa shape index (κ2) is 12.6. The van der Waals surface area contributed by atoms with Crippen molar-refractivity contribution in [2.45, 2.75) is 45.0 Å². The van der Waals surface area contributed by atoms with Gasteiger partial charge in [0.15, 0.2) is 0 Å². The van der Waals surface area contributed by atoms with E-state index in [2.05, 4.69) is 12.2 Å². The summed E-state index contributed by atoms with van der Waals surface area (Å²) in [4.78, 5) is 27.1. The third-order valence-electron chi connectivity index (χ3n) is 4.68. The fourth-order valence-corrected chi connectivity index (χ4v) is 4.01. The molecule has 0 aliphatic rings. The molecule has 0 aromatic heterocycles. The molecule has 2 rings (SSSR count). The van der Waals surface area contributed by atoms with Crippen LogP contribution in [0.2, 0.25) is 5.02 Å². The lowest BCUT2D eigenvalue weighted by Gasteiger charge is -2.29. The molecule has 0 radical (unpaired) electrons. The van der Waals surface area contributed by atoms with Crippen LogP contribution in [0.1, 0.15) is 37.8 Å². The Labute approximate surface area is 187 Å². The van der Waals surface area contributed by atoms with Crippen molar-refractivity contribution in [2.24, 2.45) is 0 Å². The van der Waals surface area contributed by atoms with E-state index in [0.29, 0.717) is 22.9 Å². The van der Waals surface area contributed by atoms with Gasteiger partial charge in [-0.2, -0.15) is 0 Å². The highest BCUT2D eigenvalue weighted by molar-refractivity contribution is 7.99. The Morgan fingerprint density at radius 3 is 2.67 bits per heavy atom.